The van der Waals surface area contributed by atoms with Crippen LogP contribution in [0.2, 0.25) is 10.0 Å². The van der Waals surface area contributed by atoms with Gasteiger partial charge in [-0.05, 0) is 58.8 Å². The Morgan fingerprint density at radius 2 is 1.56 bits per heavy atom. The van der Waals surface area contributed by atoms with E-state index in [1.54, 1.807) is 0 Å². The zero-order valence-corrected chi connectivity index (χ0v) is 19.1. The van der Waals surface area contributed by atoms with Crippen LogP contribution in [0.1, 0.15) is 29.2 Å². The molecule has 0 fully saturated rings. The van der Waals surface area contributed by atoms with Crippen LogP contribution in [0.4, 0.5) is 4.79 Å². The molecule has 0 radical (unpaired) electrons. The molecule has 2 aliphatic heterocycles. The minimum absolute atomic E-state index is 0.0960. The average Bonchev–Trinajstić information content (AvgIpc) is 3.40. The van der Waals surface area contributed by atoms with E-state index in [2.05, 4.69) is 4.99 Å². The van der Waals surface area contributed by atoms with Crippen LogP contribution in [-0.2, 0) is 0 Å². The van der Waals surface area contributed by atoms with Crippen molar-refractivity contribution in [3.8, 4) is 0 Å². The molecule has 3 aromatic carbocycles. The quantitative estimate of drug-likeness (QED) is 0.393. The van der Waals surface area contributed by atoms with Crippen molar-refractivity contribution in [3.63, 3.8) is 0 Å². The molecule has 1 amide bonds. The van der Waals surface area contributed by atoms with E-state index in [9.17, 15) is 4.79 Å². The van der Waals surface area contributed by atoms with Crippen LogP contribution in [0.5, 0.6) is 0 Å². The molecule has 1 atom stereocenters. The number of nitrogens with zero attached hydrogens (tertiary/aromatic N) is 3. The topological polar surface area (TPSA) is 45.0 Å². The van der Waals surface area contributed by atoms with Crippen molar-refractivity contribution >= 4 is 57.8 Å². The van der Waals surface area contributed by atoms with E-state index in [-0.39, 0.29) is 11.3 Å². The van der Waals surface area contributed by atoms with Gasteiger partial charge in [0.15, 0.2) is 5.84 Å². The van der Waals surface area contributed by atoms with Crippen LogP contribution in [0.25, 0.3) is 6.08 Å². The number of thioether (sulfide) groups is 1. The molecule has 4 nitrogen and oxygen atoms in total. The summed E-state index contributed by atoms with van der Waals surface area (Å²) in [6, 6.07) is 25.2. The fourth-order valence-corrected chi connectivity index (χ4v) is 4.73. The van der Waals surface area contributed by atoms with Gasteiger partial charge in [-0.2, -0.15) is 10.1 Å². The van der Waals surface area contributed by atoms with Crippen LogP contribution in [0.15, 0.2) is 93.9 Å². The minimum Gasteiger partial charge on any atom is -0.259 e. The summed E-state index contributed by atoms with van der Waals surface area (Å²) in [7, 11) is 0. The summed E-state index contributed by atoms with van der Waals surface area (Å²) in [5, 5.41) is 7.87. The van der Waals surface area contributed by atoms with Crippen LogP contribution in [-0.4, -0.2) is 21.8 Å². The second-order valence-corrected chi connectivity index (χ2v) is 9.26. The Kier molecular flexibility index (Phi) is 5.87. The summed E-state index contributed by atoms with van der Waals surface area (Å²) in [5.41, 5.74) is 3.99. The molecule has 3 aromatic rings. The lowest BCUT2D eigenvalue weighted by atomic mass is 9.98. The summed E-state index contributed by atoms with van der Waals surface area (Å²) in [6.07, 6.45) is 2.64. The van der Waals surface area contributed by atoms with Crippen molar-refractivity contribution in [1.82, 2.24) is 5.01 Å². The largest absolute Gasteiger partial charge is 0.311 e. The molecule has 0 saturated heterocycles. The third-order valence-electron chi connectivity index (χ3n) is 5.27. The van der Waals surface area contributed by atoms with E-state index in [0.717, 1.165) is 39.1 Å². The predicted octanol–water partition coefficient (Wildman–Crippen LogP) is 7.45. The number of hydrogen-bond acceptors (Lipinski definition) is 4. The van der Waals surface area contributed by atoms with E-state index in [4.69, 9.17) is 28.3 Å². The van der Waals surface area contributed by atoms with E-state index in [1.165, 1.54) is 0 Å². The van der Waals surface area contributed by atoms with E-state index < -0.39 is 0 Å². The number of aliphatic imine (C=N–C) groups is 1. The first kappa shape index (κ1) is 21.0. The first-order valence-corrected chi connectivity index (χ1v) is 11.6. The predicted molar refractivity (Wildman–Crippen MR) is 133 cm³/mol. The van der Waals surface area contributed by atoms with E-state index in [0.29, 0.717) is 22.3 Å². The molecule has 7 heteroatoms. The molecule has 0 bridgehead atoms. The van der Waals surface area contributed by atoms with Gasteiger partial charge in [0, 0.05) is 16.5 Å². The lowest BCUT2D eigenvalue weighted by molar-refractivity contribution is 0.267. The summed E-state index contributed by atoms with van der Waals surface area (Å²) in [4.78, 5) is 17.4. The Morgan fingerprint density at radius 3 is 2.25 bits per heavy atom. The van der Waals surface area contributed by atoms with Crippen molar-refractivity contribution in [2.45, 2.75) is 12.5 Å². The summed E-state index contributed by atoms with van der Waals surface area (Å²) < 4.78 is 0. The standard InChI is InChI=1S/C25H17Cl2N3OS/c26-19-10-6-16(7-11-19)14-23-24(28-25(31)32-23)30-22(18-8-12-20(27)13-9-18)15-21(29-30)17-4-2-1-3-5-17/h1-14,22H,15H2/b23-14-/t22-/m0/s1. The molecule has 0 aromatic heterocycles. The minimum atomic E-state index is -0.251. The van der Waals surface area contributed by atoms with Gasteiger partial charge >= 0.3 is 5.24 Å². The van der Waals surface area contributed by atoms with Crippen molar-refractivity contribution in [2.24, 2.45) is 10.1 Å². The first-order valence-electron chi connectivity index (χ1n) is 10.0. The third kappa shape index (κ3) is 4.37. The highest BCUT2D eigenvalue weighted by atomic mass is 35.5. The summed E-state index contributed by atoms with van der Waals surface area (Å²) in [6.45, 7) is 0. The molecule has 32 heavy (non-hydrogen) atoms. The highest BCUT2D eigenvalue weighted by Gasteiger charge is 2.36. The van der Waals surface area contributed by atoms with Crippen molar-refractivity contribution in [1.29, 1.82) is 0 Å². The van der Waals surface area contributed by atoms with E-state index in [1.807, 2.05) is 89.9 Å². The fraction of sp³-hybridized carbons (Fsp3) is 0.0800. The summed E-state index contributed by atoms with van der Waals surface area (Å²) in [5.74, 6) is 0.556. The molecular formula is C25H17Cl2N3OS. The van der Waals surface area contributed by atoms with Gasteiger partial charge in [-0.1, -0.05) is 77.8 Å². The Hall–Kier alpha value is -2.86. The average molecular weight is 478 g/mol. The van der Waals surface area contributed by atoms with Crippen LogP contribution in [0, 0.1) is 0 Å². The van der Waals surface area contributed by atoms with Gasteiger partial charge < -0.3 is 0 Å². The second kappa shape index (κ2) is 8.94. The molecule has 0 aliphatic carbocycles. The number of halogens is 2. The normalized spacial score (nSPS) is 19.4. The van der Waals surface area contributed by atoms with Gasteiger partial charge in [0.1, 0.15) is 0 Å². The molecule has 0 spiro atoms. The third-order valence-corrected chi connectivity index (χ3v) is 6.56. The number of hydrogen-bond donors (Lipinski definition) is 0. The maximum atomic E-state index is 12.3. The van der Waals surface area contributed by atoms with Crippen molar-refractivity contribution in [3.05, 3.63) is 111 Å². The number of carbonyl (C=O) groups excluding carboxylic acids is 1. The maximum absolute atomic E-state index is 12.3. The van der Waals surface area contributed by atoms with Crippen molar-refractivity contribution < 1.29 is 4.79 Å². The Bertz CT molecular complexity index is 1250. The molecule has 0 saturated carbocycles. The maximum Gasteiger partial charge on any atom is 0.311 e. The monoisotopic (exact) mass is 477 g/mol. The van der Waals surface area contributed by atoms with Crippen molar-refractivity contribution in [2.75, 3.05) is 0 Å². The zero-order valence-electron chi connectivity index (χ0n) is 16.8. The molecule has 5 rings (SSSR count). The van der Waals surface area contributed by atoms with E-state index >= 15 is 0 Å². The van der Waals surface area contributed by atoms with Gasteiger partial charge in [-0.3, -0.25) is 4.79 Å². The molecule has 158 valence electrons. The number of rotatable bonds is 3. The number of benzene rings is 3. The number of carbonyl (C=O) groups is 1. The highest BCUT2D eigenvalue weighted by molar-refractivity contribution is 8.18. The molecule has 0 N–H and O–H groups in total. The van der Waals surface area contributed by atoms with Crippen LogP contribution >= 0.6 is 35.0 Å². The van der Waals surface area contributed by atoms with Crippen LogP contribution in [0.3, 0.4) is 0 Å². The number of amides is 1. The van der Waals surface area contributed by atoms with Gasteiger partial charge in [0.25, 0.3) is 0 Å². The SMILES string of the molecule is O=C1N=C(N2N=C(c3ccccc3)C[C@H]2c2ccc(Cl)cc2)/C(=C/c2ccc(Cl)cc2)S1. The number of amidine groups is 1. The zero-order chi connectivity index (χ0) is 22.1. The van der Waals surface area contributed by atoms with Gasteiger partial charge in [0.05, 0.1) is 16.7 Å². The van der Waals surface area contributed by atoms with Gasteiger partial charge in [-0.15, -0.1) is 0 Å². The van der Waals surface area contributed by atoms with Gasteiger partial charge in [0.2, 0.25) is 0 Å². The molecule has 2 aliphatic rings. The molecule has 2 heterocycles. The second-order valence-electron chi connectivity index (χ2n) is 7.39. The molecule has 0 unspecified atom stereocenters. The number of hydrazone groups is 1. The lowest BCUT2D eigenvalue weighted by Crippen LogP contribution is -2.26. The van der Waals surface area contributed by atoms with Crippen LogP contribution < -0.4 is 0 Å². The molecular weight excluding hydrogens is 461 g/mol. The Balaban J connectivity index is 1.56. The Morgan fingerprint density at radius 1 is 0.906 bits per heavy atom. The Labute approximate surface area is 200 Å². The lowest BCUT2D eigenvalue weighted by Gasteiger charge is -2.24. The first-order chi connectivity index (χ1) is 15.6. The fourth-order valence-electron chi connectivity index (χ4n) is 3.73. The summed E-state index contributed by atoms with van der Waals surface area (Å²) >= 11 is 13.2. The van der Waals surface area contributed by atoms with Gasteiger partial charge in [-0.25, -0.2) is 5.01 Å². The smallest absolute Gasteiger partial charge is 0.259 e. The highest BCUT2D eigenvalue weighted by Crippen LogP contribution is 2.39.